The van der Waals surface area contributed by atoms with Crippen LogP contribution >= 0.6 is 0 Å². The van der Waals surface area contributed by atoms with Gasteiger partial charge in [-0.15, -0.1) is 0 Å². The molecule has 2 aromatic carbocycles. The lowest BCUT2D eigenvalue weighted by molar-refractivity contribution is -0.138. The van der Waals surface area contributed by atoms with Crippen LogP contribution in [0.4, 0.5) is 4.79 Å². The first-order chi connectivity index (χ1) is 23.8. The van der Waals surface area contributed by atoms with Crippen LogP contribution in [0.3, 0.4) is 0 Å². The van der Waals surface area contributed by atoms with Crippen molar-refractivity contribution < 1.29 is 29.0 Å². The number of aliphatic hydroxyl groups excluding tert-OH is 1. The second-order valence-corrected chi connectivity index (χ2v) is 14.7. The Morgan fingerprint density at radius 1 is 0.940 bits per heavy atom. The van der Waals surface area contributed by atoms with Crippen molar-refractivity contribution in [1.82, 2.24) is 25.9 Å². The Morgan fingerprint density at radius 3 is 2.18 bits per heavy atom. The molecule has 4 rings (SSSR count). The van der Waals surface area contributed by atoms with Crippen molar-refractivity contribution in [1.29, 1.82) is 0 Å². The van der Waals surface area contributed by atoms with Crippen molar-refractivity contribution in [2.45, 2.75) is 103 Å². The van der Waals surface area contributed by atoms with Gasteiger partial charge in [0.15, 0.2) is 5.54 Å². The minimum atomic E-state index is -1.63. The molecule has 5 N–H and O–H groups in total. The van der Waals surface area contributed by atoms with Crippen LogP contribution in [-0.2, 0) is 37.7 Å². The predicted octanol–water partition coefficient (Wildman–Crippen LogP) is 5.35. The van der Waals surface area contributed by atoms with Crippen LogP contribution in [0.15, 0.2) is 73.2 Å². The van der Waals surface area contributed by atoms with E-state index in [4.69, 9.17) is 4.74 Å². The molecule has 0 aliphatic heterocycles. The number of benzene rings is 2. The first kappa shape index (κ1) is 38.3. The zero-order chi connectivity index (χ0) is 36.1. The van der Waals surface area contributed by atoms with E-state index >= 15 is 0 Å². The summed E-state index contributed by atoms with van der Waals surface area (Å²) >= 11 is 0. The van der Waals surface area contributed by atoms with Crippen molar-refractivity contribution in [3.63, 3.8) is 0 Å². The summed E-state index contributed by atoms with van der Waals surface area (Å²) < 4.78 is 5.32. The summed E-state index contributed by atoms with van der Waals surface area (Å²) in [5, 5.41) is 20.0. The molecule has 0 saturated heterocycles. The lowest BCUT2D eigenvalue weighted by atomic mass is 9.82. The number of nitrogens with one attached hydrogen (secondary N) is 4. The summed E-state index contributed by atoms with van der Waals surface area (Å²) in [4.78, 5) is 61.3. The number of carbonyl (C=O) groups excluding carboxylic acids is 4. The molecule has 1 aliphatic carbocycles. The normalized spacial score (nSPS) is 16.7. The molecule has 0 radical (unpaired) electrons. The highest BCUT2D eigenvalue weighted by Crippen LogP contribution is 2.29. The van der Waals surface area contributed by atoms with Gasteiger partial charge in [0, 0.05) is 24.3 Å². The molecular formula is C39H53N5O6. The van der Waals surface area contributed by atoms with Crippen molar-refractivity contribution in [3.05, 3.63) is 90.0 Å². The van der Waals surface area contributed by atoms with Gasteiger partial charge in [-0.25, -0.2) is 9.78 Å². The Balaban J connectivity index is 1.52. The molecule has 3 amide bonds. The average molecular weight is 688 g/mol. The number of nitrogens with zero attached hydrogens (tertiary/aromatic N) is 1. The highest BCUT2D eigenvalue weighted by atomic mass is 16.5. The van der Waals surface area contributed by atoms with E-state index in [0.717, 1.165) is 43.2 Å². The largest absolute Gasteiger partial charge is 0.445 e. The van der Waals surface area contributed by atoms with E-state index in [1.165, 1.54) is 12.5 Å². The van der Waals surface area contributed by atoms with E-state index in [-0.39, 0.29) is 31.3 Å². The van der Waals surface area contributed by atoms with Crippen LogP contribution < -0.4 is 16.0 Å². The quantitative estimate of drug-likeness (QED) is 0.136. The number of rotatable bonds is 16. The molecule has 4 atom stereocenters. The van der Waals surface area contributed by atoms with Crippen molar-refractivity contribution in [2.75, 3.05) is 6.54 Å². The van der Waals surface area contributed by atoms with E-state index in [1.54, 1.807) is 6.92 Å². The predicted molar refractivity (Wildman–Crippen MR) is 191 cm³/mol. The van der Waals surface area contributed by atoms with E-state index in [0.29, 0.717) is 18.5 Å². The number of ether oxygens (including phenoxy) is 1. The molecule has 0 unspecified atom stereocenters. The van der Waals surface area contributed by atoms with Gasteiger partial charge in [-0.05, 0) is 36.8 Å². The number of H-pyrrole nitrogens is 1. The number of alkyl carbamates (subject to hydrolysis) is 1. The van der Waals surface area contributed by atoms with Gasteiger partial charge >= 0.3 is 6.09 Å². The Kier molecular flexibility index (Phi) is 13.7. The second-order valence-electron chi connectivity index (χ2n) is 14.7. The Labute approximate surface area is 295 Å². The molecule has 1 aromatic heterocycles. The number of aromatic nitrogens is 2. The van der Waals surface area contributed by atoms with Crippen LogP contribution in [0.1, 0.15) is 89.5 Å². The molecule has 11 nitrogen and oxygen atoms in total. The fourth-order valence-electron chi connectivity index (χ4n) is 6.32. The van der Waals surface area contributed by atoms with Gasteiger partial charge < -0.3 is 30.8 Å². The van der Waals surface area contributed by atoms with Crippen LogP contribution in [0.5, 0.6) is 0 Å². The van der Waals surface area contributed by atoms with Crippen molar-refractivity contribution >= 4 is 23.7 Å². The number of Topliss-reactive ketones (excluding diaryl/α,β-unsaturated/α-hetero) is 1. The first-order valence-corrected chi connectivity index (χ1v) is 17.7. The van der Waals surface area contributed by atoms with Gasteiger partial charge in [0.05, 0.1) is 30.4 Å². The van der Waals surface area contributed by atoms with Gasteiger partial charge in [0.2, 0.25) is 5.91 Å². The molecule has 3 aromatic rings. The molecule has 1 saturated carbocycles. The molecule has 270 valence electrons. The number of aliphatic hydroxyl groups is 1. The minimum Gasteiger partial charge on any atom is -0.445 e. The van der Waals surface area contributed by atoms with E-state index in [1.807, 2.05) is 81.4 Å². The van der Waals surface area contributed by atoms with Gasteiger partial charge in [0.25, 0.3) is 5.91 Å². The van der Waals surface area contributed by atoms with E-state index < -0.39 is 46.9 Å². The standard InChI is InChI=1S/C39H53N5O6/c1-38(2,3)34(46)22-30(20-27-14-8-5-9-15-27)35(47)44-39(4,33-24-40-26-42-33)36(48)43-31(21-28-16-10-6-11-17-28)32(45)23-41-37(49)50-25-29-18-12-7-13-19-29/h5,7-9,12-15,18-19,24,26,28,30-32,45H,6,10-11,16-17,20-23,25H2,1-4H3,(H,40,42)(H,41,49)(H,43,48)(H,44,47)/t30-,31+,32+,39+/m1/s1. The zero-order valence-electron chi connectivity index (χ0n) is 29.7. The number of ketones is 1. The zero-order valence-corrected chi connectivity index (χ0v) is 29.7. The number of carbonyl (C=O) groups is 4. The number of aromatic amines is 1. The molecular weight excluding hydrogens is 634 g/mol. The Bertz CT molecular complexity index is 1520. The maximum Gasteiger partial charge on any atom is 0.407 e. The van der Waals surface area contributed by atoms with Crippen molar-refractivity contribution in [3.8, 4) is 0 Å². The lowest BCUT2D eigenvalue weighted by Crippen LogP contribution is -2.60. The highest BCUT2D eigenvalue weighted by molar-refractivity contribution is 5.95. The third kappa shape index (κ3) is 11.3. The second kappa shape index (κ2) is 17.9. The van der Waals surface area contributed by atoms with E-state index in [9.17, 15) is 24.3 Å². The first-order valence-electron chi connectivity index (χ1n) is 17.7. The number of imidazole rings is 1. The summed E-state index contributed by atoms with van der Waals surface area (Å²) in [6, 6.07) is 18.0. The van der Waals surface area contributed by atoms with Gasteiger partial charge in [0.1, 0.15) is 12.4 Å². The van der Waals surface area contributed by atoms with Gasteiger partial charge in [-0.1, -0.05) is 114 Å². The SMILES string of the molecule is CC(C)(C)C(=O)C[C@@H](Cc1ccccc1)C(=O)N[C@](C)(C(=O)N[C@@H](CC1CCCCC1)[C@@H](O)CNC(=O)OCc1ccccc1)c1cnc[nH]1. The Morgan fingerprint density at radius 2 is 1.58 bits per heavy atom. The molecule has 11 heteroatoms. The van der Waals surface area contributed by atoms with Crippen LogP contribution in [0.2, 0.25) is 0 Å². The number of amides is 3. The highest BCUT2D eigenvalue weighted by Gasteiger charge is 2.42. The third-order valence-corrected chi connectivity index (χ3v) is 9.59. The molecule has 0 spiro atoms. The number of hydrogen-bond donors (Lipinski definition) is 5. The van der Waals surface area contributed by atoms with Gasteiger partial charge in [-0.3, -0.25) is 14.4 Å². The van der Waals surface area contributed by atoms with Crippen LogP contribution in [0, 0.1) is 17.3 Å². The topological polar surface area (TPSA) is 163 Å². The molecule has 1 aliphatic rings. The summed E-state index contributed by atoms with van der Waals surface area (Å²) in [6.07, 6.45) is 7.14. The number of hydrogen-bond acceptors (Lipinski definition) is 7. The summed E-state index contributed by atoms with van der Waals surface area (Å²) in [5.41, 5.74) is -0.201. The fraction of sp³-hybridized carbons (Fsp3) is 0.513. The van der Waals surface area contributed by atoms with Gasteiger partial charge in [-0.2, -0.15) is 0 Å². The van der Waals surface area contributed by atoms with Crippen molar-refractivity contribution in [2.24, 2.45) is 17.3 Å². The maximum atomic E-state index is 14.4. The van der Waals surface area contributed by atoms with E-state index in [2.05, 4.69) is 25.9 Å². The molecule has 1 fully saturated rings. The average Bonchev–Trinajstić information content (AvgIpc) is 3.66. The molecule has 50 heavy (non-hydrogen) atoms. The Hall–Kier alpha value is -4.51. The molecule has 1 heterocycles. The summed E-state index contributed by atoms with van der Waals surface area (Å²) in [5.74, 6) is -1.53. The maximum absolute atomic E-state index is 14.4. The summed E-state index contributed by atoms with van der Waals surface area (Å²) in [7, 11) is 0. The smallest absolute Gasteiger partial charge is 0.407 e. The van der Waals surface area contributed by atoms with Crippen LogP contribution in [-0.4, -0.2) is 57.5 Å². The fourth-order valence-corrected chi connectivity index (χ4v) is 6.32. The summed E-state index contributed by atoms with van der Waals surface area (Å²) in [6.45, 7) is 6.99. The third-order valence-electron chi connectivity index (χ3n) is 9.59. The monoisotopic (exact) mass is 687 g/mol. The molecule has 0 bridgehead atoms. The lowest BCUT2D eigenvalue weighted by Gasteiger charge is -2.35. The van der Waals surface area contributed by atoms with Crippen LogP contribution in [0.25, 0.3) is 0 Å². The minimum absolute atomic E-state index is 0.0000364.